The van der Waals surface area contributed by atoms with Gasteiger partial charge in [0.15, 0.2) is 0 Å². The van der Waals surface area contributed by atoms with E-state index in [1.165, 1.54) is 0 Å². The second-order valence-corrected chi connectivity index (χ2v) is 3.75. The number of anilines is 1. The highest BCUT2D eigenvalue weighted by atomic mass is 16.3. The maximum absolute atomic E-state index is 11.3. The van der Waals surface area contributed by atoms with Gasteiger partial charge in [-0.1, -0.05) is 18.2 Å². The zero-order valence-electron chi connectivity index (χ0n) is 8.55. The van der Waals surface area contributed by atoms with Gasteiger partial charge in [-0.2, -0.15) is 0 Å². The van der Waals surface area contributed by atoms with Crippen LogP contribution in [0.3, 0.4) is 0 Å². The molecule has 0 aromatic heterocycles. The second kappa shape index (κ2) is 3.90. The summed E-state index contributed by atoms with van der Waals surface area (Å²) in [6.07, 6.45) is -0.198. The quantitative estimate of drug-likeness (QED) is 0.748. The van der Waals surface area contributed by atoms with Crippen molar-refractivity contribution >= 4 is 11.6 Å². The smallest absolute Gasteiger partial charge is 0.240 e. The largest absolute Gasteiger partial charge is 0.391 e. The summed E-state index contributed by atoms with van der Waals surface area (Å²) in [5, 5.41) is 11.3. The van der Waals surface area contributed by atoms with Crippen LogP contribution in [0.5, 0.6) is 0 Å². The molecule has 2 N–H and O–H groups in total. The van der Waals surface area contributed by atoms with Crippen molar-refractivity contribution in [3.63, 3.8) is 0 Å². The van der Waals surface area contributed by atoms with Gasteiger partial charge in [-0.3, -0.25) is 15.2 Å². The van der Waals surface area contributed by atoms with E-state index in [0.717, 1.165) is 5.69 Å². The van der Waals surface area contributed by atoms with Crippen molar-refractivity contribution in [3.8, 4) is 0 Å². The number of rotatable bonds is 2. The minimum atomic E-state index is -0.538. The lowest BCUT2D eigenvalue weighted by molar-refractivity contribution is -0.119. The molecule has 0 radical (unpaired) electrons. The summed E-state index contributed by atoms with van der Waals surface area (Å²) in [5.41, 5.74) is 3.63. The van der Waals surface area contributed by atoms with E-state index in [0.29, 0.717) is 6.42 Å². The van der Waals surface area contributed by atoms with Gasteiger partial charge in [0.1, 0.15) is 0 Å². The van der Waals surface area contributed by atoms with E-state index in [4.69, 9.17) is 0 Å². The SMILES string of the molecule is CC(O)C1CC(=O)NN1c1ccccc1. The van der Waals surface area contributed by atoms with Crippen molar-refractivity contribution in [2.24, 2.45) is 0 Å². The monoisotopic (exact) mass is 206 g/mol. The topological polar surface area (TPSA) is 52.6 Å². The molecule has 2 rings (SSSR count). The molecule has 1 saturated heterocycles. The van der Waals surface area contributed by atoms with Crippen LogP contribution in [0.2, 0.25) is 0 Å². The second-order valence-electron chi connectivity index (χ2n) is 3.75. The lowest BCUT2D eigenvalue weighted by Gasteiger charge is -2.27. The van der Waals surface area contributed by atoms with Crippen molar-refractivity contribution in [3.05, 3.63) is 30.3 Å². The number of carbonyl (C=O) groups excluding carboxylic acids is 1. The Labute approximate surface area is 88.5 Å². The number of amides is 1. The summed E-state index contributed by atoms with van der Waals surface area (Å²) in [6.45, 7) is 1.70. The van der Waals surface area contributed by atoms with Gasteiger partial charge in [0, 0.05) is 0 Å². The van der Waals surface area contributed by atoms with Gasteiger partial charge in [0.25, 0.3) is 0 Å². The Morgan fingerprint density at radius 2 is 2.13 bits per heavy atom. The first-order valence-corrected chi connectivity index (χ1v) is 5.00. The highest BCUT2D eigenvalue weighted by Gasteiger charge is 2.33. The molecule has 1 aromatic carbocycles. The number of nitrogens with zero attached hydrogens (tertiary/aromatic N) is 1. The van der Waals surface area contributed by atoms with Crippen LogP contribution in [0.1, 0.15) is 13.3 Å². The molecule has 80 valence electrons. The van der Waals surface area contributed by atoms with Crippen molar-refractivity contribution in [1.82, 2.24) is 5.43 Å². The molecule has 1 aromatic rings. The maximum atomic E-state index is 11.3. The van der Waals surface area contributed by atoms with Gasteiger partial charge in [-0.25, -0.2) is 0 Å². The molecule has 0 saturated carbocycles. The highest BCUT2D eigenvalue weighted by molar-refractivity contribution is 5.82. The number of carbonyl (C=O) groups is 1. The number of benzene rings is 1. The van der Waals surface area contributed by atoms with E-state index in [1.807, 2.05) is 30.3 Å². The minimum Gasteiger partial charge on any atom is -0.391 e. The summed E-state index contributed by atoms with van der Waals surface area (Å²) in [6, 6.07) is 9.35. The number of nitrogens with one attached hydrogen (secondary N) is 1. The third kappa shape index (κ3) is 1.94. The Bertz CT molecular complexity index is 351. The third-order valence-electron chi connectivity index (χ3n) is 2.56. The van der Waals surface area contributed by atoms with E-state index in [9.17, 15) is 9.90 Å². The molecule has 4 heteroatoms. The molecular formula is C11H14N2O2. The first-order valence-electron chi connectivity index (χ1n) is 5.00. The summed E-state index contributed by atoms with van der Waals surface area (Å²) >= 11 is 0. The molecular weight excluding hydrogens is 192 g/mol. The molecule has 1 amide bonds. The van der Waals surface area contributed by atoms with Gasteiger partial charge in [0.2, 0.25) is 5.91 Å². The molecule has 1 heterocycles. The first-order chi connectivity index (χ1) is 7.18. The maximum Gasteiger partial charge on any atom is 0.240 e. The molecule has 15 heavy (non-hydrogen) atoms. The lowest BCUT2D eigenvalue weighted by atomic mass is 10.1. The van der Waals surface area contributed by atoms with Gasteiger partial charge >= 0.3 is 0 Å². The molecule has 4 nitrogen and oxygen atoms in total. The van der Waals surface area contributed by atoms with Crippen LogP contribution in [0, 0.1) is 0 Å². The fraction of sp³-hybridized carbons (Fsp3) is 0.364. The number of hydrogen-bond acceptors (Lipinski definition) is 3. The Balaban J connectivity index is 2.24. The van der Waals surface area contributed by atoms with Crippen molar-refractivity contribution in [2.75, 3.05) is 5.01 Å². The number of hydrogen-bond donors (Lipinski definition) is 2. The number of aliphatic hydroxyl groups is 1. The van der Waals surface area contributed by atoms with Crippen LogP contribution < -0.4 is 10.4 Å². The fourth-order valence-corrected chi connectivity index (χ4v) is 1.78. The summed E-state index contributed by atoms with van der Waals surface area (Å²) in [7, 11) is 0. The third-order valence-corrected chi connectivity index (χ3v) is 2.56. The van der Waals surface area contributed by atoms with E-state index < -0.39 is 6.10 Å². The van der Waals surface area contributed by atoms with Gasteiger partial charge in [-0.05, 0) is 19.1 Å². The fourth-order valence-electron chi connectivity index (χ4n) is 1.78. The molecule has 1 aliphatic rings. The summed E-state index contributed by atoms with van der Waals surface area (Å²) in [4.78, 5) is 11.3. The van der Waals surface area contributed by atoms with Gasteiger partial charge < -0.3 is 5.11 Å². The molecule has 2 atom stereocenters. The molecule has 1 fully saturated rings. The number of aliphatic hydroxyl groups excluding tert-OH is 1. The predicted octanol–water partition coefficient (Wildman–Crippen LogP) is 0.677. The Morgan fingerprint density at radius 1 is 1.47 bits per heavy atom. The summed E-state index contributed by atoms with van der Waals surface area (Å²) in [5.74, 6) is -0.0512. The van der Waals surface area contributed by atoms with Crippen LogP contribution in [0.25, 0.3) is 0 Å². The first kappa shape index (κ1) is 9.98. The number of para-hydroxylation sites is 1. The molecule has 1 aliphatic heterocycles. The molecule has 0 aliphatic carbocycles. The van der Waals surface area contributed by atoms with Crippen molar-refractivity contribution < 1.29 is 9.90 Å². The van der Waals surface area contributed by atoms with Gasteiger partial charge in [0.05, 0.1) is 24.3 Å². The van der Waals surface area contributed by atoms with Gasteiger partial charge in [-0.15, -0.1) is 0 Å². The van der Waals surface area contributed by atoms with E-state index in [1.54, 1.807) is 11.9 Å². The molecule has 0 bridgehead atoms. The zero-order valence-corrected chi connectivity index (χ0v) is 8.55. The summed E-state index contributed by atoms with van der Waals surface area (Å²) < 4.78 is 0. The van der Waals surface area contributed by atoms with Crippen LogP contribution >= 0.6 is 0 Å². The van der Waals surface area contributed by atoms with E-state index in [-0.39, 0.29) is 11.9 Å². The Morgan fingerprint density at radius 3 is 2.73 bits per heavy atom. The van der Waals surface area contributed by atoms with Crippen molar-refractivity contribution in [2.45, 2.75) is 25.5 Å². The van der Waals surface area contributed by atoms with Crippen LogP contribution in [0.15, 0.2) is 30.3 Å². The van der Waals surface area contributed by atoms with Crippen LogP contribution in [-0.4, -0.2) is 23.2 Å². The Kier molecular flexibility index (Phi) is 2.60. The zero-order chi connectivity index (χ0) is 10.8. The standard InChI is InChI=1S/C11H14N2O2/c1-8(14)10-7-11(15)12-13(10)9-5-3-2-4-6-9/h2-6,8,10,14H,7H2,1H3,(H,12,15). The molecule has 2 unspecified atom stereocenters. The predicted molar refractivity (Wildman–Crippen MR) is 57.1 cm³/mol. The normalized spacial score (nSPS) is 22.7. The van der Waals surface area contributed by atoms with E-state index in [2.05, 4.69) is 5.43 Å². The average molecular weight is 206 g/mol. The van der Waals surface area contributed by atoms with Crippen molar-refractivity contribution in [1.29, 1.82) is 0 Å². The number of hydrazine groups is 1. The minimum absolute atomic E-state index is 0.0512. The highest BCUT2D eigenvalue weighted by Crippen LogP contribution is 2.22. The lowest BCUT2D eigenvalue weighted by Crippen LogP contribution is -2.43. The van der Waals surface area contributed by atoms with Crippen LogP contribution in [0.4, 0.5) is 5.69 Å². The Hall–Kier alpha value is -1.55. The van der Waals surface area contributed by atoms with Crippen LogP contribution in [-0.2, 0) is 4.79 Å². The molecule has 0 spiro atoms. The van der Waals surface area contributed by atoms with E-state index >= 15 is 0 Å². The average Bonchev–Trinajstić information content (AvgIpc) is 2.62.